The molecule has 0 atom stereocenters. The Morgan fingerprint density at radius 1 is 1.17 bits per heavy atom. The van der Waals surface area contributed by atoms with Crippen molar-refractivity contribution in [2.45, 2.75) is 6.92 Å². The quantitative estimate of drug-likeness (QED) is 0.573. The van der Waals surface area contributed by atoms with Gasteiger partial charge in [-0.05, 0) is 6.92 Å². The number of hydrogen-bond donors (Lipinski definition) is 0. The van der Waals surface area contributed by atoms with Crippen molar-refractivity contribution in [3.8, 4) is 0 Å². The molecule has 0 fully saturated rings. The lowest BCUT2D eigenvalue weighted by Gasteiger charge is -2.00. The predicted molar refractivity (Wildman–Crippen MR) is 45.1 cm³/mol. The molecule has 0 aliphatic rings. The summed E-state index contributed by atoms with van der Waals surface area (Å²) in [6.45, 7) is 1.13. The highest BCUT2D eigenvalue weighted by Crippen LogP contribution is 1.93. The zero-order valence-corrected chi connectivity index (χ0v) is 8.61. The summed E-state index contributed by atoms with van der Waals surface area (Å²) in [7, 11) is -6.65. The van der Waals surface area contributed by atoms with E-state index in [4.69, 9.17) is 0 Å². The van der Waals surface area contributed by atoms with Crippen LogP contribution in [-0.2, 0) is 24.1 Å². The number of sulfone groups is 1. The lowest BCUT2D eigenvalue weighted by molar-refractivity contribution is 0.340. The lowest BCUT2D eigenvalue weighted by atomic mass is 10.9. The van der Waals surface area contributed by atoms with Gasteiger partial charge in [-0.1, -0.05) is 0 Å². The fourth-order valence-corrected chi connectivity index (χ4v) is 1.39. The van der Waals surface area contributed by atoms with Gasteiger partial charge < -0.3 is 0 Å². The molecular weight excluding hydrogens is 204 g/mol. The first-order valence-electron chi connectivity index (χ1n) is 3.31. The molecule has 12 heavy (non-hydrogen) atoms. The first-order valence-corrected chi connectivity index (χ1v) is 6.95. The van der Waals surface area contributed by atoms with Crippen LogP contribution in [0.1, 0.15) is 6.92 Å². The van der Waals surface area contributed by atoms with Gasteiger partial charge in [0.15, 0.2) is 0 Å². The molecule has 0 saturated carbocycles. The lowest BCUT2D eigenvalue weighted by Crippen LogP contribution is -2.15. The summed E-state index contributed by atoms with van der Waals surface area (Å²) in [5.41, 5.74) is 0. The Morgan fingerprint density at radius 2 is 1.67 bits per heavy atom. The Hall–Kier alpha value is -0.140. The van der Waals surface area contributed by atoms with Crippen molar-refractivity contribution < 1.29 is 21.0 Å². The first kappa shape index (κ1) is 11.9. The van der Waals surface area contributed by atoms with Crippen molar-refractivity contribution in [2.24, 2.45) is 0 Å². The molecule has 0 rings (SSSR count). The van der Waals surface area contributed by atoms with Gasteiger partial charge in [-0.3, -0.25) is 4.18 Å². The van der Waals surface area contributed by atoms with Crippen molar-refractivity contribution in [3.05, 3.63) is 0 Å². The van der Waals surface area contributed by atoms with E-state index in [1.54, 1.807) is 0 Å². The molecule has 0 N–H and O–H groups in total. The average molecular weight is 216 g/mol. The Morgan fingerprint density at radius 3 is 2.00 bits per heavy atom. The van der Waals surface area contributed by atoms with Crippen LogP contribution in [0.5, 0.6) is 0 Å². The van der Waals surface area contributed by atoms with E-state index in [0.717, 1.165) is 6.26 Å². The molecule has 0 radical (unpaired) electrons. The Bertz CT molecular complexity index is 312. The van der Waals surface area contributed by atoms with Gasteiger partial charge in [-0.2, -0.15) is 8.42 Å². The largest absolute Gasteiger partial charge is 0.269 e. The molecule has 0 spiro atoms. The zero-order valence-electron chi connectivity index (χ0n) is 6.98. The summed E-state index contributed by atoms with van der Waals surface area (Å²) in [5.74, 6) is -0.414. The van der Waals surface area contributed by atoms with Gasteiger partial charge in [0.1, 0.15) is 9.84 Å². The minimum absolute atomic E-state index is 0.142. The SMILES string of the molecule is CCS(=O)(=O)OCCS(C)(=O)=O. The van der Waals surface area contributed by atoms with Crippen LogP contribution in [0.25, 0.3) is 0 Å². The highest BCUT2D eigenvalue weighted by molar-refractivity contribution is 7.90. The smallest absolute Gasteiger partial charge is 0.267 e. The van der Waals surface area contributed by atoms with E-state index in [2.05, 4.69) is 4.18 Å². The van der Waals surface area contributed by atoms with Gasteiger partial charge in [-0.25, -0.2) is 8.42 Å². The molecule has 74 valence electrons. The summed E-state index contributed by atoms with van der Waals surface area (Å²) in [4.78, 5) is 0. The highest BCUT2D eigenvalue weighted by atomic mass is 32.2. The third-order valence-corrected chi connectivity index (χ3v) is 3.21. The monoisotopic (exact) mass is 216 g/mol. The van der Waals surface area contributed by atoms with E-state index in [-0.39, 0.29) is 18.1 Å². The highest BCUT2D eigenvalue weighted by Gasteiger charge is 2.09. The van der Waals surface area contributed by atoms with E-state index < -0.39 is 20.0 Å². The van der Waals surface area contributed by atoms with E-state index in [0.29, 0.717) is 0 Å². The van der Waals surface area contributed by atoms with Crippen LogP contribution in [0.2, 0.25) is 0 Å². The van der Waals surface area contributed by atoms with Gasteiger partial charge in [0.2, 0.25) is 0 Å². The summed E-state index contributed by atoms with van der Waals surface area (Å²) >= 11 is 0. The van der Waals surface area contributed by atoms with Gasteiger partial charge in [0.25, 0.3) is 10.1 Å². The summed E-state index contributed by atoms with van der Waals surface area (Å²) in [6, 6.07) is 0. The molecule has 7 heteroatoms. The minimum atomic E-state index is -3.51. The third-order valence-electron chi connectivity index (χ3n) is 1.07. The average Bonchev–Trinajstić information content (AvgIpc) is 1.84. The van der Waals surface area contributed by atoms with Crippen molar-refractivity contribution >= 4 is 20.0 Å². The third kappa shape index (κ3) is 6.56. The van der Waals surface area contributed by atoms with E-state index in [9.17, 15) is 16.8 Å². The molecule has 0 saturated heterocycles. The standard InChI is InChI=1S/C5H12O5S2/c1-3-12(8,9)10-4-5-11(2,6)7/h3-5H2,1-2H3. The normalized spacial score (nSPS) is 13.2. The fourth-order valence-electron chi connectivity index (χ4n) is 0.396. The maximum atomic E-state index is 10.7. The molecule has 0 heterocycles. The van der Waals surface area contributed by atoms with Crippen LogP contribution in [0, 0.1) is 0 Å². The molecule has 0 aromatic carbocycles. The molecule has 0 unspecified atom stereocenters. The molecule has 0 aliphatic heterocycles. The number of rotatable bonds is 5. The van der Waals surface area contributed by atoms with Gasteiger partial charge >= 0.3 is 0 Å². The van der Waals surface area contributed by atoms with E-state index >= 15 is 0 Å². The van der Waals surface area contributed by atoms with Crippen molar-refractivity contribution in [1.29, 1.82) is 0 Å². The Balaban J connectivity index is 3.89. The van der Waals surface area contributed by atoms with Crippen LogP contribution >= 0.6 is 0 Å². The second-order valence-electron chi connectivity index (χ2n) is 2.30. The summed E-state index contributed by atoms with van der Waals surface area (Å²) in [6.07, 6.45) is 1.02. The van der Waals surface area contributed by atoms with Crippen LogP contribution in [-0.4, -0.2) is 41.2 Å². The minimum Gasteiger partial charge on any atom is -0.269 e. The molecule has 0 bridgehead atoms. The second kappa shape index (κ2) is 4.20. The van der Waals surface area contributed by atoms with Crippen molar-refractivity contribution in [3.63, 3.8) is 0 Å². The van der Waals surface area contributed by atoms with E-state index in [1.165, 1.54) is 6.92 Å². The molecule has 0 aliphatic carbocycles. The maximum Gasteiger partial charge on any atom is 0.267 e. The summed E-state index contributed by atoms with van der Waals surface area (Å²) in [5, 5.41) is 0. The molecule has 0 aromatic heterocycles. The van der Waals surface area contributed by atoms with Crippen LogP contribution in [0.4, 0.5) is 0 Å². The molecule has 0 amide bonds. The van der Waals surface area contributed by atoms with Gasteiger partial charge in [0.05, 0.1) is 18.1 Å². The maximum absolute atomic E-state index is 10.7. The topological polar surface area (TPSA) is 77.5 Å². The summed E-state index contributed by atoms with van der Waals surface area (Å²) < 4.78 is 46.7. The van der Waals surface area contributed by atoms with E-state index in [1.807, 2.05) is 0 Å². The number of hydrogen-bond acceptors (Lipinski definition) is 5. The zero-order chi connectivity index (χ0) is 9.83. The van der Waals surface area contributed by atoms with Crippen LogP contribution in [0.15, 0.2) is 0 Å². The molecular formula is C5H12O5S2. The Kier molecular flexibility index (Phi) is 4.15. The first-order chi connectivity index (χ1) is 5.27. The fraction of sp³-hybridized carbons (Fsp3) is 1.00. The van der Waals surface area contributed by atoms with Crippen molar-refractivity contribution in [2.75, 3.05) is 24.4 Å². The molecule has 0 aromatic rings. The predicted octanol–water partition coefficient (Wildman–Crippen LogP) is -0.603. The second-order valence-corrected chi connectivity index (χ2v) is 6.49. The van der Waals surface area contributed by atoms with Gasteiger partial charge in [0, 0.05) is 6.26 Å². The van der Waals surface area contributed by atoms with Gasteiger partial charge in [-0.15, -0.1) is 0 Å². The molecule has 5 nitrogen and oxygen atoms in total. The van der Waals surface area contributed by atoms with Crippen LogP contribution in [0.3, 0.4) is 0 Å². The van der Waals surface area contributed by atoms with Crippen molar-refractivity contribution in [1.82, 2.24) is 0 Å². The Labute approximate surface area is 72.8 Å². The van der Waals surface area contributed by atoms with Crippen LogP contribution < -0.4 is 0 Å².